The Kier molecular flexibility index (Phi) is 5.70. The van der Waals surface area contributed by atoms with Crippen LogP contribution in [0.3, 0.4) is 0 Å². The second kappa shape index (κ2) is 5.72. The van der Waals surface area contributed by atoms with Gasteiger partial charge in [-0.1, -0.05) is 12.1 Å². The van der Waals surface area contributed by atoms with Gasteiger partial charge < -0.3 is 6.16 Å². The van der Waals surface area contributed by atoms with Gasteiger partial charge in [-0.05, 0) is 17.7 Å². The Morgan fingerprint density at radius 1 is 1.50 bits per heavy atom. The fourth-order valence-electron chi connectivity index (χ4n) is 0.973. The molecule has 6 heteroatoms. The van der Waals surface area contributed by atoms with E-state index in [1.165, 1.54) is 7.11 Å². The van der Waals surface area contributed by atoms with Crippen LogP contribution in [-0.4, -0.2) is 20.1 Å². The van der Waals surface area contributed by atoms with Gasteiger partial charge in [0.25, 0.3) is 10.1 Å². The van der Waals surface area contributed by atoms with Gasteiger partial charge in [-0.15, -0.1) is 0 Å². The van der Waals surface area contributed by atoms with Crippen molar-refractivity contribution < 1.29 is 48.7 Å². The zero-order valence-corrected chi connectivity index (χ0v) is 10.9. The van der Waals surface area contributed by atoms with Crippen molar-refractivity contribution in [1.82, 2.24) is 0 Å². The van der Waals surface area contributed by atoms with E-state index in [1.807, 2.05) is 0 Å². The van der Waals surface area contributed by atoms with E-state index in [-0.39, 0.29) is 36.7 Å². The van der Waals surface area contributed by atoms with Crippen LogP contribution in [0.25, 0.3) is 0 Å². The van der Waals surface area contributed by atoms with Crippen LogP contribution in [0.15, 0.2) is 24.3 Å². The van der Waals surface area contributed by atoms with Crippen molar-refractivity contribution in [2.75, 3.05) is 7.11 Å². The van der Waals surface area contributed by atoms with Crippen molar-refractivity contribution in [2.24, 2.45) is 0 Å². The Morgan fingerprint density at radius 2 is 2.14 bits per heavy atom. The summed E-state index contributed by atoms with van der Waals surface area (Å²) in [6.45, 7) is 0. The Balaban J connectivity index is 0. The fraction of sp³-hybridized carbons (Fsp3) is 0.250. The van der Waals surface area contributed by atoms with Crippen LogP contribution in [-0.2, 0) is 15.9 Å². The number of hydrogen-bond donors (Lipinski definition) is 1. The van der Waals surface area contributed by atoms with Gasteiger partial charge in [-0.3, -0.25) is 4.55 Å². The quantitative estimate of drug-likeness (QED) is 0.488. The minimum absolute atomic E-state index is 0. The molecule has 1 aromatic rings. The van der Waals surface area contributed by atoms with Gasteiger partial charge >= 0.3 is 29.6 Å². The predicted octanol–water partition coefficient (Wildman–Crippen LogP) is -1.80. The van der Waals surface area contributed by atoms with Crippen LogP contribution < -0.4 is 34.3 Å². The molecule has 1 N–H and O–H groups in total. The Labute approximate surface area is 107 Å². The number of ether oxygens (including phenoxy) is 1. The van der Waals surface area contributed by atoms with E-state index in [4.69, 9.17) is 9.29 Å². The average Bonchev–Trinajstić information content (AvgIpc) is 2.01. The molecule has 0 fully saturated rings. The topological polar surface area (TPSA) is 63.6 Å². The van der Waals surface area contributed by atoms with E-state index in [0.29, 0.717) is 11.3 Å². The van der Waals surface area contributed by atoms with Gasteiger partial charge in [-0.2, -0.15) is 8.42 Å². The summed E-state index contributed by atoms with van der Waals surface area (Å²) >= 11 is 0. The van der Waals surface area contributed by atoms with E-state index >= 15 is 0 Å². The van der Waals surface area contributed by atoms with Crippen LogP contribution in [0, 0.1) is 0 Å². The Hall–Kier alpha value is -0.0700. The maximum atomic E-state index is 10.5. The molecule has 14 heavy (non-hydrogen) atoms. The van der Waals surface area contributed by atoms with Gasteiger partial charge in [0.2, 0.25) is 0 Å². The van der Waals surface area contributed by atoms with Crippen LogP contribution in [0.2, 0.25) is 0 Å². The third kappa shape index (κ3) is 4.97. The fourth-order valence-corrected chi connectivity index (χ4v) is 1.57. The van der Waals surface area contributed by atoms with E-state index in [9.17, 15) is 8.42 Å². The molecule has 0 aliphatic heterocycles. The van der Waals surface area contributed by atoms with E-state index in [1.54, 1.807) is 24.3 Å². The first-order chi connectivity index (χ1) is 6.01. The van der Waals surface area contributed by atoms with Gasteiger partial charge in [0, 0.05) is 0 Å². The normalized spacial score (nSPS) is 10.4. The largest absolute Gasteiger partial charge is 1.00 e. The van der Waals surface area contributed by atoms with Crippen molar-refractivity contribution in [2.45, 2.75) is 5.75 Å². The molecular formula is C8H11NaO4S. The van der Waals surface area contributed by atoms with Gasteiger partial charge in [-0.25, -0.2) is 0 Å². The second-order valence-corrected chi connectivity index (χ2v) is 4.03. The van der Waals surface area contributed by atoms with Crippen LogP contribution in [0.5, 0.6) is 5.75 Å². The molecule has 0 spiro atoms. The summed E-state index contributed by atoms with van der Waals surface area (Å²) in [5.41, 5.74) is 0.502. The Morgan fingerprint density at radius 3 is 2.64 bits per heavy atom. The van der Waals surface area contributed by atoms with Crippen LogP contribution in [0.1, 0.15) is 6.99 Å². The SMILES string of the molecule is COc1cccc(CS(=O)(=O)O)c1.[H-].[Na+]. The molecule has 0 radical (unpaired) electrons. The van der Waals surface area contributed by atoms with E-state index in [0.717, 1.165) is 0 Å². The van der Waals surface area contributed by atoms with E-state index < -0.39 is 10.1 Å². The molecule has 0 saturated carbocycles. The molecule has 0 unspecified atom stereocenters. The maximum absolute atomic E-state index is 10.5. The first kappa shape index (κ1) is 13.9. The van der Waals surface area contributed by atoms with E-state index in [2.05, 4.69) is 0 Å². The first-order valence-electron chi connectivity index (χ1n) is 3.59. The molecule has 0 amide bonds. The molecule has 4 nitrogen and oxygen atoms in total. The second-order valence-electron chi connectivity index (χ2n) is 2.58. The summed E-state index contributed by atoms with van der Waals surface area (Å²) in [5, 5.41) is 0. The van der Waals surface area contributed by atoms with Gasteiger partial charge in [0.1, 0.15) is 11.5 Å². The molecule has 1 aromatic carbocycles. The van der Waals surface area contributed by atoms with Crippen LogP contribution >= 0.6 is 0 Å². The summed E-state index contributed by atoms with van der Waals surface area (Å²) in [5.74, 6) is 0.186. The number of methoxy groups -OCH3 is 1. The molecule has 1 rings (SSSR count). The molecule has 0 saturated heterocycles. The summed E-state index contributed by atoms with van der Waals surface area (Å²) in [4.78, 5) is 0. The molecule has 0 aliphatic rings. The third-order valence-corrected chi connectivity index (χ3v) is 2.18. The number of rotatable bonds is 3. The molecule has 0 aliphatic carbocycles. The number of benzene rings is 1. The molecule has 0 aromatic heterocycles. The smallest absolute Gasteiger partial charge is 1.00 e. The molecular weight excluding hydrogens is 215 g/mol. The van der Waals surface area contributed by atoms with Crippen molar-refractivity contribution >= 4 is 10.1 Å². The monoisotopic (exact) mass is 226 g/mol. The number of hydrogen-bond acceptors (Lipinski definition) is 3. The summed E-state index contributed by atoms with van der Waals surface area (Å²) < 4.78 is 34.5. The minimum atomic E-state index is -3.96. The van der Waals surface area contributed by atoms with Gasteiger partial charge in [0.05, 0.1) is 7.11 Å². The molecule has 74 valence electrons. The summed E-state index contributed by atoms with van der Waals surface area (Å²) in [6, 6.07) is 6.54. The standard InChI is InChI=1S/C8H10O4S.Na.H/c1-12-8-4-2-3-7(5-8)6-13(9,10)11;;/h2-5H,6H2,1H3,(H,9,10,11);;/q;+1;-1. The van der Waals surface area contributed by atoms with Crippen molar-refractivity contribution in [3.05, 3.63) is 29.8 Å². The van der Waals surface area contributed by atoms with Crippen molar-refractivity contribution in [1.29, 1.82) is 0 Å². The van der Waals surface area contributed by atoms with Crippen molar-refractivity contribution in [3.8, 4) is 5.75 Å². The average molecular weight is 226 g/mol. The predicted molar refractivity (Wildman–Crippen MR) is 49.4 cm³/mol. The van der Waals surface area contributed by atoms with Crippen LogP contribution in [0.4, 0.5) is 0 Å². The summed E-state index contributed by atoms with van der Waals surface area (Å²) in [7, 11) is -2.47. The van der Waals surface area contributed by atoms with Crippen molar-refractivity contribution in [3.63, 3.8) is 0 Å². The zero-order chi connectivity index (χ0) is 9.90. The Bertz CT molecular complexity index is 393. The zero-order valence-electron chi connectivity index (χ0n) is 9.10. The summed E-state index contributed by atoms with van der Waals surface area (Å²) in [6.07, 6.45) is 0. The minimum Gasteiger partial charge on any atom is -1.00 e. The first-order valence-corrected chi connectivity index (χ1v) is 5.20. The van der Waals surface area contributed by atoms with Gasteiger partial charge in [0.15, 0.2) is 0 Å². The molecule has 0 heterocycles. The maximum Gasteiger partial charge on any atom is 1.00 e. The molecule has 0 bridgehead atoms. The molecule has 0 atom stereocenters. The third-order valence-electron chi connectivity index (χ3n) is 1.48.